The Bertz CT molecular complexity index is 882. The van der Waals surface area contributed by atoms with Crippen molar-refractivity contribution in [2.24, 2.45) is 0 Å². The first kappa shape index (κ1) is 19.1. The molecule has 27 heavy (non-hydrogen) atoms. The fourth-order valence-corrected chi connectivity index (χ4v) is 2.69. The van der Waals surface area contributed by atoms with Crippen LogP contribution in [-0.4, -0.2) is 42.1 Å². The fraction of sp³-hybridized carbons (Fsp3) is 0.200. The number of likely N-dealkylation sites (N-methyl/N-ethyl adjacent to an activating group) is 1. The van der Waals surface area contributed by atoms with Crippen molar-refractivity contribution in [1.82, 2.24) is 14.9 Å². The number of halogens is 2. The van der Waals surface area contributed by atoms with Crippen LogP contribution in [0.5, 0.6) is 0 Å². The van der Waals surface area contributed by atoms with E-state index in [1.807, 2.05) is 44.4 Å². The maximum absolute atomic E-state index is 14.1. The first-order valence-electron chi connectivity index (χ1n) is 8.57. The van der Waals surface area contributed by atoms with Gasteiger partial charge < -0.3 is 15.5 Å². The Balaban J connectivity index is 1.94. The standard InChI is InChI=1S/C20H21ClFN5/c1-27(2)12-11-23-20-24-17(14-7-4-3-5-8-14)13-18(26-20)25-19-15(21)9-6-10-16(19)22/h3-10,13H,11-12H2,1-2H3,(H2,23,24,25,26). The minimum Gasteiger partial charge on any atom is -0.353 e. The summed E-state index contributed by atoms with van der Waals surface area (Å²) in [6.07, 6.45) is 0. The van der Waals surface area contributed by atoms with Gasteiger partial charge in [-0.2, -0.15) is 4.98 Å². The smallest absolute Gasteiger partial charge is 0.225 e. The summed E-state index contributed by atoms with van der Waals surface area (Å²) in [7, 11) is 3.99. The molecule has 0 atom stereocenters. The van der Waals surface area contributed by atoms with Gasteiger partial charge in [0.05, 0.1) is 16.4 Å². The van der Waals surface area contributed by atoms with Crippen molar-refractivity contribution in [3.05, 3.63) is 65.4 Å². The summed E-state index contributed by atoms with van der Waals surface area (Å²) in [5.41, 5.74) is 1.86. The van der Waals surface area contributed by atoms with Gasteiger partial charge in [0.25, 0.3) is 0 Å². The van der Waals surface area contributed by atoms with Crippen molar-refractivity contribution in [3.63, 3.8) is 0 Å². The van der Waals surface area contributed by atoms with Crippen LogP contribution in [0.15, 0.2) is 54.6 Å². The predicted molar refractivity (Wildman–Crippen MR) is 109 cm³/mol. The lowest BCUT2D eigenvalue weighted by atomic mass is 10.1. The number of aromatic nitrogens is 2. The molecule has 7 heteroatoms. The number of anilines is 3. The summed E-state index contributed by atoms with van der Waals surface area (Å²) < 4.78 is 14.1. The Labute approximate surface area is 163 Å². The average molecular weight is 386 g/mol. The molecule has 0 unspecified atom stereocenters. The molecule has 2 aromatic carbocycles. The monoisotopic (exact) mass is 385 g/mol. The number of benzene rings is 2. The Morgan fingerprint density at radius 2 is 1.81 bits per heavy atom. The molecule has 0 aliphatic rings. The summed E-state index contributed by atoms with van der Waals surface area (Å²) in [5.74, 6) is 0.487. The zero-order chi connectivity index (χ0) is 19.2. The Morgan fingerprint density at radius 3 is 2.52 bits per heavy atom. The van der Waals surface area contributed by atoms with Gasteiger partial charge in [0.2, 0.25) is 5.95 Å². The number of para-hydroxylation sites is 1. The Kier molecular flexibility index (Phi) is 6.21. The molecule has 0 spiro atoms. The van der Waals surface area contributed by atoms with Crippen molar-refractivity contribution < 1.29 is 4.39 Å². The van der Waals surface area contributed by atoms with Gasteiger partial charge in [-0.25, -0.2) is 9.37 Å². The molecule has 0 radical (unpaired) electrons. The Morgan fingerprint density at radius 1 is 1.04 bits per heavy atom. The minimum absolute atomic E-state index is 0.191. The zero-order valence-electron chi connectivity index (χ0n) is 15.2. The summed E-state index contributed by atoms with van der Waals surface area (Å²) in [6.45, 7) is 1.52. The quantitative estimate of drug-likeness (QED) is 0.619. The maximum atomic E-state index is 14.1. The first-order valence-corrected chi connectivity index (χ1v) is 8.95. The van der Waals surface area contributed by atoms with E-state index >= 15 is 0 Å². The SMILES string of the molecule is CN(C)CCNc1nc(Nc2c(F)cccc2Cl)cc(-c2ccccc2)n1. The van der Waals surface area contributed by atoms with E-state index in [0.717, 1.165) is 17.8 Å². The van der Waals surface area contributed by atoms with Gasteiger partial charge >= 0.3 is 0 Å². The van der Waals surface area contributed by atoms with Crippen molar-refractivity contribution in [3.8, 4) is 11.3 Å². The molecule has 3 aromatic rings. The average Bonchev–Trinajstić information content (AvgIpc) is 2.65. The molecule has 3 rings (SSSR count). The predicted octanol–water partition coefficient (Wildman–Crippen LogP) is 4.65. The van der Waals surface area contributed by atoms with E-state index in [-0.39, 0.29) is 10.7 Å². The minimum atomic E-state index is -0.440. The van der Waals surface area contributed by atoms with Gasteiger partial charge in [-0.15, -0.1) is 0 Å². The van der Waals surface area contributed by atoms with E-state index in [2.05, 4.69) is 25.5 Å². The maximum Gasteiger partial charge on any atom is 0.225 e. The lowest BCUT2D eigenvalue weighted by Gasteiger charge is -2.14. The van der Waals surface area contributed by atoms with Crippen LogP contribution in [0.3, 0.4) is 0 Å². The van der Waals surface area contributed by atoms with Crippen LogP contribution in [-0.2, 0) is 0 Å². The van der Waals surface area contributed by atoms with E-state index < -0.39 is 5.82 Å². The van der Waals surface area contributed by atoms with E-state index in [9.17, 15) is 4.39 Å². The topological polar surface area (TPSA) is 53.1 Å². The van der Waals surface area contributed by atoms with Crippen LogP contribution in [0.4, 0.5) is 21.8 Å². The zero-order valence-corrected chi connectivity index (χ0v) is 16.0. The van der Waals surface area contributed by atoms with Gasteiger partial charge in [0.15, 0.2) is 0 Å². The molecule has 0 bridgehead atoms. The van der Waals surface area contributed by atoms with Crippen LogP contribution in [0.1, 0.15) is 0 Å². The van der Waals surface area contributed by atoms with Crippen molar-refractivity contribution in [2.45, 2.75) is 0 Å². The van der Waals surface area contributed by atoms with Gasteiger partial charge in [-0.1, -0.05) is 48.0 Å². The number of nitrogens with one attached hydrogen (secondary N) is 2. The van der Waals surface area contributed by atoms with Crippen LogP contribution in [0.25, 0.3) is 11.3 Å². The highest BCUT2D eigenvalue weighted by Gasteiger charge is 2.11. The third-order valence-corrected chi connectivity index (χ3v) is 4.17. The summed E-state index contributed by atoms with van der Waals surface area (Å²) in [4.78, 5) is 11.1. The lowest BCUT2D eigenvalue weighted by molar-refractivity contribution is 0.425. The highest BCUT2D eigenvalue weighted by Crippen LogP contribution is 2.29. The molecule has 140 valence electrons. The third-order valence-electron chi connectivity index (χ3n) is 3.85. The van der Waals surface area contributed by atoms with Crippen LogP contribution in [0, 0.1) is 5.82 Å². The largest absolute Gasteiger partial charge is 0.353 e. The van der Waals surface area contributed by atoms with Crippen LogP contribution >= 0.6 is 11.6 Å². The molecular weight excluding hydrogens is 365 g/mol. The summed E-state index contributed by atoms with van der Waals surface area (Å²) in [5, 5.41) is 6.48. The normalized spacial score (nSPS) is 10.9. The molecule has 5 nitrogen and oxygen atoms in total. The van der Waals surface area contributed by atoms with Crippen LogP contribution in [0.2, 0.25) is 5.02 Å². The van der Waals surface area contributed by atoms with E-state index in [0.29, 0.717) is 18.3 Å². The van der Waals surface area contributed by atoms with E-state index in [4.69, 9.17) is 11.6 Å². The molecule has 0 saturated heterocycles. The highest BCUT2D eigenvalue weighted by molar-refractivity contribution is 6.33. The highest BCUT2D eigenvalue weighted by atomic mass is 35.5. The van der Waals surface area contributed by atoms with Crippen molar-refractivity contribution in [1.29, 1.82) is 0 Å². The molecule has 1 aromatic heterocycles. The van der Waals surface area contributed by atoms with Gasteiger partial charge in [-0.3, -0.25) is 0 Å². The first-order chi connectivity index (χ1) is 13.0. The van der Waals surface area contributed by atoms with Crippen molar-refractivity contribution in [2.75, 3.05) is 37.8 Å². The molecule has 0 aliphatic heterocycles. The second-order valence-electron chi connectivity index (χ2n) is 6.28. The van der Waals surface area contributed by atoms with E-state index in [1.165, 1.54) is 6.07 Å². The molecule has 0 saturated carbocycles. The van der Waals surface area contributed by atoms with Gasteiger partial charge in [0.1, 0.15) is 11.6 Å². The second kappa shape index (κ2) is 8.79. The van der Waals surface area contributed by atoms with E-state index in [1.54, 1.807) is 18.2 Å². The molecule has 0 aliphatic carbocycles. The molecule has 1 heterocycles. The van der Waals surface area contributed by atoms with Gasteiger partial charge in [0, 0.05) is 24.7 Å². The number of hydrogen-bond acceptors (Lipinski definition) is 5. The second-order valence-corrected chi connectivity index (χ2v) is 6.69. The Hall–Kier alpha value is -2.70. The summed E-state index contributed by atoms with van der Waals surface area (Å²) in [6, 6.07) is 16.1. The third kappa shape index (κ3) is 5.15. The molecular formula is C20H21ClFN5. The summed E-state index contributed by atoms with van der Waals surface area (Å²) >= 11 is 6.13. The molecule has 0 fully saturated rings. The van der Waals surface area contributed by atoms with Crippen molar-refractivity contribution >= 4 is 29.1 Å². The fourth-order valence-electron chi connectivity index (χ4n) is 2.48. The number of rotatable bonds is 7. The molecule has 0 amide bonds. The van der Waals surface area contributed by atoms with Gasteiger partial charge in [-0.05, 0) is 26.2 Å². The number of hydrogen-bond donors (Lipinski definition) is 2. The lowest BCUT2D eigenvalue weighted by Crippen LogP contribution is -2.21. The number of nitrogens with zero attached hydrogens (tertiary/aromatic N) is 3. The molecule has 2 N–H and O–H groups in total. The van der Waals surface area contributed by atoms with Crippen LogP contribution < -0.4 is 10.6 Å².